The van der Waals surface area contributed by atoms with E-state index >= 15 is 0 Å². The summed E-state index contributed by atoms with van der Waals surface area (Å²) in [7, 11) is 0. The van der Waals surface area contributed by atoms with Gasteiger partial charge in [-0.25, -0.2) is 0 Å². The molecule has 2 rings (SSSR count). The van der Waals surface area contributed by atoms with Crippen molar-refractivity contribution in [1.82, 2.24) is 5.32 Å². The maximum Gasteiger partial charge on any atom is 0.126 e. The summed E-state index contributed by atoms with van der Waals surface area (Å²) in [6.07, 6.45) is 0. The van der Waals surface area contributed by atoms with E-state index in [-0.39, 0.29) is 0 Å². The van der Waals surface area contributed by atoms with E-state index in [1.807, 2.05) is 24.3 Å². The Labute approximate surface area is 96.4 Å². The van der Waals surface area contributed by atoms with Crippen LogP contribution in [0.1, 0.15) is 25.0 Å². The average molecular weight is 221 g/mol. The number of nitrogens with one attached hydrogen (secondary N) is 1. The van der Waals surface area contributed by atoms with Crippen LogP contribution < -0.4 is 5.32 Å². The fourth-order valence-electron chi connectivity index (χ4n) is 2.03. The third-order valence-corrected chi connectivity index (χ3v) is 2.92. The molecule has 0 spiro atoms. The van der Waals surface area contributed by atoms with Gasteiger partial charge in [-0.2, -0.15) is 0 Å². The van der Waals surface area contributed by atoms with Gasteiger partial charge in [-0.15, -0.1) is 0 Å². The fourth-order valence-corrected chi connectivity index (χ4v) is 2.03. The van der Waals surface area contributed by atoms with Crippen LogP contribution in [0.15, 0.2) is 24.3 Å². The third kappa shape index (κ3) is 2.26. The Hall–Kier alpha value is -0.900. The molecule has 3 nitrogen and oxygen atoms in total. The number of benzene rings is 1. The van der Waals surface area contributed by atoms with E-state index < -0.39 is 5.60 Å². The molecule has 1 unspecified atom stereocenters. The van der Waals surface area contributed by atoms with Gasteiger partial charge in [-0.1, -0.05) is 38.1 Å². The first-order valence-corrected chi connectivity index (χ1v) is 5.74. The second-order valence-electron chi connectivity index (χ2n) is 4.72. The molecule has 16 heavy (non-hydrogen) atoms. The molecule has 1 heterocycles. The first-order valence-electron chi connectivity index (χ1n) is 5.74. The van der Waals surface area contributed by atoms with Crippen molar-refractivity contribution >= 4 is 0 Å². The molecule has 2 N–H and O–H groups in total. The first-order chi connectivity index (χ1) is 7.62. The highest BCUT2D eigenvalue weighted by Gasteiger charge is 2.34. The predicted molar refractivity (Wildman–Crippen MR) is 63.1 cm³/mol. The largest absolute Gasteiger partial charge is 0.381 e. The van der Waals surface area contributed by atoms with Gasteiger partial charge in [-0.05, 0) is 11.1 Å². The van der Waals surface area contributed by atoms with Crippen LogP contribution in [0, 0.1) is 0 Å². The second kappa shape index (κ2) is 4.53. The second-order valence-corrected chi connectivity index (χ2v) is 4.72. The van der Waals surface area contributed by atoms with Crippen LogP contribution in [-0.2, 0) is 16.9 Å². The Kier molecular flexibility index (Phi) is 3.28. The first kappa shape index (κ1) is 11.6. The molecule has 0 radical (unpaired) electrons. The van der Waals surface area contributed by atoms with Crippen LogP contribution >= 0.6 is 0 Å². The maximum atomic E-state index is 10.6. The Morgan fingerprint density at radius 1 is 1.44 bits per heavy atom. The Bertz CT molecular complexity index is 365. The fraction of sp³-hybridized carbons (Fsp3) is 0.538. The van der Waals surface area contributed by atoms with E-state index in [1.165, 1.54) is 0 Å². The normalized spacial score (nSPS) is 24.5. The highest BCUT2D eigenvalue weighted by Crippen LogP contribution is 2.29. The van der Waals surface area contributed by atoms with Gasteiger partial charge in [0.1, 0.15) is 5.60 Å². The Balaban J connectivity index is 2.22. The van der Waals surface area contributed by atoms with Crippen molar-refractivity contribution in [2.24, 2.45) is 0 Å². The smallest absolute Gasteiger partial charge is 0.126 e. The lowest BCUT2D eigenvalue weighted by atomic mass is 9.88. The van der Waals surface area contributed by atoms with Crippen LogP contribution in [0.5, 0.6) is 0 Å². The van der Waals surface area contributed by atoms with E-state index in [0.29, 0.717) is 25.8 Å². The quantitative estimate of drug-likeness (QED) is 0.810. The van der Waals surface area contributed by atoms with E-state index in [4.69, 9.17) is 4.74 Å². The van der Waals surface area contributed by atoms with E-state index in [9.17, 15) is 5.11 Å². The van der Waals surface area contributed by atoms with Gasteiger partial charge in [-0.3, -0.25) is 0 Å². The van der Waals surface area contributed by atoms with Gasteiger partial charge in [0.2, 0.25) is 0 Å². The summed E-state index contributed by atoms with van der Waals surface area (Å²) in [4.78, 5) is 0. The number of aliphatic hydroxyl groups is 1. The minimum absolute atomic E-state index is 0.359. The van der Waals surface area contributed by atoms with Crippen molar-refractivity contribution in [3.63, 3.8) is 0 Å². The van der Waals surface area contributed by atoms with Crippen molar-refractivity contribution in [2.75, 3.05) is 13.2 Å². The highest BCUT2D eigenvalue weighted by molar-refractivity contribution is 5.34. The van der Waals surface area contributed by atoms with Crippen molar-refractivity contribution in [3.05, 3.63) is 35.4 Å². The summed E-state index contributed by atoms with van der Waals surface area (Å²) in [6, 6.07) is 8.29. The van der Waals surface area contributed by atoms with Gasteiger partial charge in [0.05, 0.1) is 13.2 Å². The number of fused-ring (bicyclic) bond motifs is 1. The lowest BCUT2D eigenvalue weighted by Gasteiger charge is -2.35. The van der Waals surface area contributed by atoms with Crippen LogP contribution in [0.25, 0.3) is 0 Å². The molecule has 1 aliphatic rings. The molecule has 3 heteroatoms. The van der Waals surface area contributed by atoms with Gasteiger partial charge in [0.25, 0.3) is 0 Å². The van der Waals surface area contributed by atoms with Gasteiger partial charge in [0, 0.05) is 12.6 Å². The zero-order valence-electron chi connectivity index (χ0n) is 9.86. The number of ether oxygens (including phenoxy) is 1. The molecular formula is C13H19NO2. The van der Waals surface area contributed by atoms with Crippen molar-refractivity contribution in [1.29, 1.82) is 0 Å². The molecule has 1 atom stereocenters. The van der Waals surface area contributed by atoms with Crippen molar-refractivity contribution in [2.45, 2.75) is 32.1 Å². The van der Waals surface area contributed by atoms with Crippen LogP contribution in [0.4, 0.5) is 0 Å². The van der Waals surface area contributed by atoms with E-state index in [0.717, 1.165) is 11.1 Å². The Morgan fingerprint density at radius 3 is 2.94 bits per heavy atom. The molecule has 88 valence electrons. The molecule has 0 amide bonds. The molecular weight excluding hydrogens is 202 g/mol. The van der Waals surface area contributed by atoms with Gasteiger partial charge in [0.15, 0.2) is 0 Å². The van der Waals surface area contributed by atoms with Gasteiger partial charge < -0.3 is 15.2 Å². The molecule has 1 aromatic rings. The maximum absolute atomic E-state index is 10.6. The molecule has 1 aromatic carbocycles. The lowest BCUT2D eigenvalue weighted by Crippen LogP contribution is -2.46. The summed E-state index contributed by atoms with van der Waals surface area (Å²) in [5, 5.41) is 13.9. The minimum atomic E-state index is -0.890. The SMILES string of the molecule is CC(C)NCC1(O)COCc2ccccc21. The highest BCUT2D eigenvalue weighted by atomic mass is 16.5. The van der Waals surface area contributed by atoms with Crippen molar-refractivity contribution in [3.8, 4) is 0 Å². The summed E-state index contributed by atoms with van der Waals surface area (Å²) in [5.74, 6) is 0. The predicted octanol–water partition coefficient (Wildman–Crippen LogP) is 1.40. The van der Waals surface area contributed by atoms with E-state index in [1.54, 1.807) is 0 Å². The van der Waals surface area contributed by atoms with Crippen LogP contribution in [0.3, 0.4) is 0 Å². The molecule has 1 aliphatic heterocycles. The lowest BCUT2D eigenvalue weighted by molar-refractivity contribution is -0.0721. The topological polar surface area (TPSA) is 41.5 Å². The molecule has 0 bridgehead atoms. The minimum Gasteiger partial charge on any atom is -0.381 e. The summed E-state index contributed by atoms with van der Waals surface area (Å²) < 4.78 is 5.45. The standard InChI is InChI=1S/C13H19NO2/c1-10(2)14-8-13(15)9-16-7-11-5-3-4-6-12(11)13/h3-6,10,14-15H,7-9H2,1-2H3. The van der Waals surface area contributed by atoms with Crippen LogP contribution in [-0.4, -0.2) is 24.3 Å². The Morgan fingerprint density at radius 2 is 2.19 bits per heavy atom. The monoisotopic (exact) mass is 221 g/mol. The zero-order chi connectivity index (χ0) is 11.6. The summed E-state index contributed by atoms with van der Waals surface area (Å²) in [5.41, 5.74) is 1.19. The van der Waals surface area contributed by atoms with Crippen molar-refractivity contribution < 1.29 is 9.84 Å². The number of hydrogen-bond acceptors (Lipinski definition) is 3. The molecule has 0 aliphatic carbocycles. The van der Waals surface area contributed by atoms with Gasteiger partial charge >= 0.3 is 0 Å². The zero-order valence-corrected chi connectivity index (χ0v) is 9.86. The molecule has 0 saturated heterocycles. The molecule has 0 fully saturated rings. The number of hydrogen-bond donors (Lipinski definition) is 2. The van der Waals surface area contributed by atoms with Crippen LogP contribution in [0.2, 0.25) is 0 Å². The third-order valence-electron chi connectivity index (χ3n) is 2.92. The summed E-state index contributed by atoms with van der Waals surface area (Å²) in [6.45, 7) is 5.63. The average Bonchev–Trinajstić information content (AvgIpc) is 2.27. The van der Waals surface area contributed by atoms with E-state index in [2.05, 4.69) is 19.2 Å². The molecule has 0 saturated carbocycles. The number of rotatable bonds is 3. The summed E-state index contributed by atoms with van der Waals surface area (Å²) >= 11 is 0. The molecule has 0 aromatic heterocycles.